The van der Waals surface area contributed by atoms with Crippen molar-refractivity contribution in [3.8, 4) is 0 Å². The monoisotopic (exact) mass is 245 g/mol. The van der Waals surface area contributed by atoms with Crippen LogP contribution in [0.25, 0.3) is 0 Å². The standard InChI is InChI=1S/C17H27N/c1-3-18(13-16-7-5-4-6-8-16)14-17-11-9-15(2)10-12-17/h9-12,16H,3-8,13-14H2,1-2H3. The predicted molar refractivity (Wildman–Crippen MR) is 78.7 cm³/mol. The molecular formula is C17H27N. The molecule has 1 saturated carbocycles. The molecule has 100 valence electrons. The van der Waals surface area contributed by atoms with Gasteiger partial charge in [-0.2, -0.15) is 0 Å². The second-order valence-corrected chi connectivity index (χ2v) is 5.82. The van der Waals surface area contributed by atoms with Gasteiger partial charge in [-0.25, -0.2) is 0 Å². The Labute approximate surface area is 112 Å². The van der Waals surface area contributed by atoms with Crippen LogP contribution < -0.4 is 0 Å². The van der Waals surface area contributed by atoms with E-state index in [0.29, 0.717) is 0 Å². The molecule has 0 aliphatic heterocycles. The lowest BCUT2D eigenvalue weighted by Gasteiger charge is -2.29. The van der Waals surface area contributed by atoms with E-state index in [1.807, 2.05) is 0 Å². The van der Waals surface area contributed by atoms with Gasteiger partial charge in [0.2, 0.25) is 0 Å². The van der Waals surface area contributed by atoms with Crippen molar-refractivity contribution in [1.82, 2.24) is 4.90 Å². The summed E-state index contributed by atoms with van der Waals surface area (Å²) in [4.78, 5) is 2.61. The second kappa shape index (κ2) is 6.94. The molecule has 1 fully saturated rings. The third kappa shape index (κ3) is 4.13. The average Bonchev–Trinajstić information content (AvgIpc) is 2.41. The number of aryl methyl sites for hydroxylation is 1. The van der Waals surface area contributed by atoms with Gasteiger partial charge in [-0.05, 0) is 37.8 Å². The van der Waals surface area contributed by atoms with E-state index in [4.69, 9.17) is 0 Å². The van der Waals surface area contributed by atoms with Crippen LogP contribution in [0.1, 0.15) is 50.2 Å². The van der Waals surface area contributed by atoms with Crippen molar-refractivity contribution in [2.24, 2.45) is 5.92 Å². The van der Waals surface area contributed by atoms with E-state index in [1.54, 1.807) is 0 Å². The summed E-state index contributed by atoms with van der Waals surface area (Å²) >= 11 is 0. The zero-order chi connectivity index (χ0) is 12.8. The summed E-state index contributed by atoms with van der Waals surface area (Å²) < 4.78 is 0. The zero-order valence-corrected chi connectivity index (χ0v) is 12.0. The third-order valence-corrected chi connectivity index (χ3v) is 4.22. The molecular weight excluding hydrogens is 218 g/mol. The van der Waals surface area contributed by atoms with E-state index in [0.717, 1.165) is 12.5 Å². The molecule has 1 aromatic carbocycles. The summed E-state index contributed by atoms with van der Waals surface area (Å²) in [7, 11) is 0. The first-order valence-electron chi connectivity index (χ1n) is 7.56. The third-order valence-electron chi connectivity index (χ3n) is 4.22. The topological polar surface area (TPSA) is 3.24 Å². The molecule has 0 amide bonds. The number of nitrogens with zero attached hydrogens (tertiary/aromatic N) is 1. The van der Waals surface area contributed by atoms with Crippen molar-refractivity contribution in [2.45, 2.75) is 52.5 Å². The Morgan fingerprint density at radius 2 is 1.72 bits per heavy atom. The summed E-state index contributed by atoms with van der Waals surface area (Å²) in [5.74, 6) is 0.948. The molecule has 0 unspecified atom stereocenters. The van der Waals surface area contributed by atoms with Gasteiger partial charge in [0.05, 0.1) is 0 Å². The zero-order valence-electron chi connectivity index (χ0n) is 12.0. The molecule has 2 rings (SSSR count). The fourth-order valence-corrected chi connectivity index (χ4v) is 2.99. The van der Waals surface area contributed by atoms with Crippen LogP contribution in [-0.4, -0.2) is 18.0 Å². The normalized spacial score (nSPS) is 17.3. The highest BCUT2D eigenvalue weighted by molar-refractivity contribution is 5.21. The van der Waals surface area contributed by atoms with Gasteiger partial charge in [0.25, 0.3) is 0 Å². The Morgan fingerprint density at radius 1 is 1.06 bits per heavy atom. The minimum Gasteiger partial charge on any atom is -0.299 e. The number of hydrogen-bond donors (Lipinski definition) is 0. The molecule has 1 heteroatoms. The molecule has 1 aliphatic carbocycles. The minimum absolute atomic E-state index is 0.948. The van der Waals surface area contributed by atoms with E-state index in [-0.39, 0.29) is 0 Å². The summed E-state index contributed by atoms with van der Waals surface area (Å²) in [6.45, 7) is 8.03. The van der Waals surface area contributed by atoms with Gasteiger partial charge in [-0.1, -0.05) is 56.0 Å². The molecule has 0 atom stereocenters. The fraction of sp³-hybridized carbons (Fsp3) is 0.647. The molecule has 1 aromatic rings. The fourth-order valence-electron chi connectivity index (χ4n) is 2.99. The molecule has 0 heterocycles. The Morgan fingerprint density at radius 3 is 2.33 bits per heavy atom. The van der Waals surface area contributed by atoms with Crippen molar-refractivity contribution in [1.29, 1.82) is 0 Å². The lowest BCUT2D eigenvalue weighted by molar-refractivity contribution is 0.202. The van der Waals surface area contributed by atoms with Crippen molar-refractivity contribution in [3.05, 3.63) is 35.4 Å². The van der Waals surface area contributed by atoms with Crippen molar-refractivity contribution < 1.29 is 0 Å². The Bertz CT molecular complexity index is 335. The lowest BCUT2D eigenvalue weighted by Crippen LogP contribution is -2.30. The molecule has 1 aliphatic rings. The number of rotatable bonds is 5. The van der Waals surface area contributed by atoms with E-state index in [1.165, 1.54) is 56.3 Å². The smallest absolute Gasteiger partial charge is 0.0233 e. The Kier molecular flexibility index (Phi) is 5.25. The summed E-state index contributed by atoms with van der Waals surface area (Å²) in [5.41, 5.74) is 2.81. The lowest BCUT2D eigenvalue weighted by atomic mass is 9.89. The van der Waals surface area contributed by atoms with E-state index in [9.17, 15) is 0 Å². The maximum Gasteiger partial charge on any atom is 0.0233 e. The van der Waals surface area contributed by atoms with Crippen LogP contribution in [0.5, 0.6) is 0 Å². The van der Waals surface area contributed by atoms with E-state index < -0.39 is 0 Å². The first kappa shape index (κ1) is 13.6. The average molecular weight is 245 g/mol. The summed E-state index contributed by atoms with van der Waals surface area (Å²) in [6, 6.07) is 9.01. The van der Waals surface area contributed by atoms with Crippen molar-refractivity contribution >= 4 is 0 Å². The van der Waals surface area contributed by atoms with Gasteiger partial charge in [-0.15, -0.1) is 0 Å². The molecule has 0 spiro atoms. The molecule has 18 heavy (non-hydrogen) atoms. The molecule has 0 saturated heterocycles. The summed E-state index contributed by atoms with van der Waals surface area (Å²) in [5, 5.41) is 0. The first-order valence-corrected chi connectivity index (χ1v) is 7.56. The predicted octanol–water partition coefficient (Wildman–Crippen LogP) is 4.40. The second-order valence-electron chi connectivity index (χ2n) is 5.82. The van der Waals surface area contributed by atoms with Gasteiger partial charge in [0.15, 0.2) is 0 Å². The molecule has 0 bridgehead atoms. The largest absolute Gasteiger partial charge is 0.299 e. The van der Waals surface area contributed by atoms with Crippen molar-refractivity contribution in [3.63, 3.8) is 0 Å². The van der Waals surface area contributed by atoms with Crippen LogP contribution in [0, 0.1) is 12.8 Å². The highest BCUT2D eigenvalue weighted by Gasteiger charge is 2.16. The maximum absolute atomic E-state index is 2.61. The highest BCUT2D eigenvalue weighted by Crippen LogP contribution is 2.24. The van der Waals surface area contributed by atoms with Crippen LogP contribution in [0.15, 0.2) is 24.3 Å². The van der Waals surface area contributed by atoms with Crippen LogP contribution in [-0.2, 0) is 6.54 Å². The van der Waals surface area contributed by atoms with E-state index in [2.05, 4.69) is 43.0 Å². The highest BCUT2D eigenvalue weighted by atomic mass is 15.1. The van der Waals surface area contributed by atoms with Gasteiger partial charge in [0.1, 0.15) is 0 Å². The number of benzene rings is 1. The quantitative estimate of drug-likeness (QED) is 0.743. The molecule has 0 aromatic heterocycles. The van der Waals surface area contributed by atoms with Gasteiger partial charge >= 0.3 is 0 Å². The Balaban J connectivity index is 1.86. The van der Waals surface area contributed by atoms with Gasteiger partial charge in [0, 0.05) is 13.1 Å². The van der Waals surface area contributed by atoms with E-state index >= 15 is 0 Å². The van der Waals surface area contributed by atoms with Crippen LogP contribution in [0.3, 0.4) is 0 Å². The molecule has 0 radical (unpaired) electrons. The van der Waals surface area contributed by atoms with Gasteiger partial charge < -0.3 is 0 Å². The Hall–Kier alpha value is -0.820. The minimum atomic E-state index is 0.948. The first-order chi connectivity index (χ1) is 8.78. The van der Waals surface area contributed by atoms with Crippen molar-refractivity contribution in [2.75, 3.05) is 13.1 Å². The number of hydrogen-bond acceptors (Lipinski definition) is 1. The molecule has 0 N–H and O–H groups in total. The SMILES string of the molecule is CCN(Cc1ccc(C)cc1)CC1CCCCC1. The van der Waals surface area contributed by atoms with Crippen LogP contribution in [0.2, 0.25) is 0 Å². The summed E-state index contributed by atoms with van der Waals surface area (Å²) in [6.07, 6.45) is 7.26. The van der Waals surface area contributed by atoms with Crippen LogP contribution in [0.4, 0.5) is 0 Å². The van der Waals surface area contributed by atoms with Gasteiger partial charge in [-0.3, -0.25) is 4.90 Å². The van der Waals surface area contributed by atoms with Crippen LogP contribution >= 0.6 is 0 Å². The molecule has 1 nitrogen and oxygen atoms in total. The maximum atomic E-state index is 2.61.